The first-order valence-electron chi connectivity index (χ1n) is 57.9. The second kappa shape index (κ2) is 63.8. The molecule has 0 nitrogen and oxygen atoms in total. The number of hydrogen-bond donors (Lipinski definition) is 0. The van der Waals surface area contributed by atoms with Crippen molar-refractivity contribution in [2.75, 3.05) is 0 Å². The molecule has 0 N–H and O–H groups in total. The Kier molecular flexibility index (Phi) is 52.3. The van der Waals surface area contributed by atoms with Crippen LogP contribution >= 0.6 is 0 Å². The maximum absolute atomic E-state index is 2.42. The third kappa shape index (κ3) is 39.9. The molecule has 3 atom stereocenters. The van der Waals surface area contributed by atoms with E-state index in [9.17, 15) is 0 Å². The zero-order valence-corrected chi connectivity index (χ0v) is 95.4. The number of rotatable bonds is 12. The number of aryl methyl sites for hydroxylation is 7. The first-order chi connectivity index (χ1) is 69.3. The van der Waals surface area contributed by atoms with Gasteiger partial charge in [-0.1, -0.05) is 539 Å². The van der Waals surface area contributed by atoms with Crippen molar-refractivity contribution < 1.29 is 0 Å². The van der Waals surface area contributed by atoms with Gasteiger partial charge in [0.1, 0.15) is 0 Å². The Morgan fingerprint density at radius 1 is 0.188 bits per heavy atom. The second-order valence-corrected chi connectivity index (χ2v) is 47.2. The summed E-state index contributed by atoms with van der Waals surface area (Å²) in [5.41, 5.74) is 29.3. The fourth-order valence-electron chi connectivity index (χ4n) is 22.5. The molecule has 0 radical (unpaired) electrons. The molecule has 144 heavy (non-hydrogen) atoms. The Balaban J connectivity index is 0.000000175. The minimum atomic E-state index is 0.603. The van der Waals surface area contributed by atoms with Crippen LogP contribution in [0.3, 0.4) is 0 Å². The molecule has 0 saturated heterocycles. The summed E-state index contributed by atoms with van der Waals surface area (Å²) in [5.74, 6) is 14.6. The van der Waals surface area contributed by atoms with Gasteiger partial charge in [0.15, 0.2) is 0 Å². The van der Waals surface area contributed by atoms with Gasteiger partial charge in [-0.05, 0) is 351 Å². The van der Waals surface area contributed by atoms with Crippen molar-refractivity contribution >= 4 is 21.5 Å². The van der Waals surface area contributed by atoms with Gasteiger partial charge in [0.2, 0.25) is 0 Å². The van der Waals surface area contributed by atoms with Crippen molar-refractivity contribution in [1.29, 1.82) is 0 Å². The predicted octanol–water partition coefficient (Wildman–Crippen LogP) is 42.6. The zero-order valence-electron chi connectivity index (χ0n) is 95.4. The highest BCUT2D eigenvalue weighted by atomic mass is 14.3. The standard InChI is InChI=1S/2C13H18.C13H14.2C13H18.C13H14.2C12H16.C9H18.2C9H12.C8H16.C7H8/c3*1-10(2)12-9-5-7-11-6-3-4-8-13(11)12;3*1-10(2)12-8-7-11-5-3-4-6-13(11)9-12;1-9(2)12-7-10-5-3-4-6-11(10)8-12;1-9(2)11-8-7-10-5-3-4-6-12(10)11;3*1-8(2)9-6-4-3-5-7-9;1-7(2)8-5-3-4-6-8;1-7-5-3-2-4-6-7/h5,7,9-10H,3-4,6,8H2,1-2H3;3-4,6,8,10,12H,5,7,9H2,1-2H3;3-10H,1-2H3;7-10H,3-6H2,1-2H3;3-6,10,12H,7-9H2,1-2H3;3-10H,1-2H3;3-6,9,12H,7-8H2,1-2H3;3-6,9,11H,7-8H2,1-2H3;8-9H,3-7H2,1-2H3;2*3-8H,1-2H3;7-8H,3-6H2,1-2H3;2-6H,1H3. The first-order valence-corrected chi connectivity index (χ1v) is 57.9. The van der Waals surface area contributed by atoms with Gasteiger partial charge in [-0.3, -0.25) is 0 Å². The normalized spacial score (nSPS) is 16.4. The predicted molar refractivity (Wildman–Crippen MR) is 639 cm³/mol. The van der Waals surface area contributed by atoms with Crippen LogP contribution in [0.5, 0.6) is 0 Å². The van der Waals surface area contributed by atoms with Crippen molar-refractivity contribution in [3.8, 4) is 0 Å². The van der Waals surface area contributed by atoms with Gasteiger partial charge in [-0.2, -0.15) is 0 Å². The maximum atomic E-state index is 2.42. The van der Waals surface area contributed by atoms with Crippen molar-refractivity contribution in [3.05, 3.63) is 415 Å². The van der Waals surface area contributed by atoms with Crippen molar-refractivity contribution in [2.45, 2.75) is 394 Å². The van der Waals surface area contributed by atoms with Crippen LogP contribution < -0.4 is 0 Å². The van der Waals surface area contributed by atoms with Crippen LogP contribution in [0.4, 0.5) is 0 Å². The van der Waals surface area contributed by atoms with E-state index in [0.717, 1.165) is 71.0 Å². The highest BCUT2D eigenvalue weighted by molar-refractivity contribution is 5.86. The van der Waals surface area contributed by atoms with Crippen LogP contribution in [0.15, 0.2) is 309 Å². The van der Waals surface area contributed by atoms with Crippen LogP contribution in [-0.4, -0.2) is 0 Å². The molecule has 8 aliphatic carbocycles. The summed E-state index contributed by atoms with van der Waals surface area (Å²) in [6, 6.07) is 111. The van der Waals surface area contributed by atoms with E-state index in [2.05, 4.69) is 452 Å². The third-order valence-corrected chi connectivity index (χ3v) is 32.3. The van der Waals surface area contributed by atoms with Gasteiger partial charge in [0.25, 0.3) is 0 Å². The van der Waals surface area contributed by atoms with E-state index < -0.39 is 0 Å². The fraction of sp³-hybridized carbons (Fsp3) is 0.486. The largest absolute Gasteiger partial charge is 0.0625 e. The van der Waals surface area contributed by atoms with Crippen molar-refractivity contribution in [1.82, 2.24) is 0 Å². The van der Waals surface area contributed by atoms with Gasteiger partial charge in [0, 0.05) is 0 Å². The molecule has 0 heterocycles. The van der Waals surface area contributed by atoms with E-state index >= 15 is 0 Å². The van der Waals surface area contributed by atoms with Crippen molar-refractivity contribution in [3.63, 3.8) is 0 Å². The second-order valence-electron chi connectivity index (χ2n) is 47.2. The molecule has 8 aliphatic rings. The van der Waals surface area contributed by atoms with Crippen LogP contribution in [0.2, 0.25) is 0 Å². The smallest absolute Gasteiger partial charge is 0.0133 e. The Morgan fingerprint density at radius 2 is 0.542 bits per heavy atom. The topological polar surface area (TPSA) is 0 Å². The Bertz CT molecular complexity index is 5570. The summed E-state index contributed by atoms with van der Waals surface area (Å²) >= 11 is 0. The quantitative estimate of drug-likeness (QED) is 0.114. The molecule has 21 rings (SSSR count). The molecule has 2 saturated carbocycles. The average molecular weight is 1930 g/mol. The van der Waals surface area contributed by atoms with E-state index in [1.807, 2.05) is 30.3 Å². The van der Waals surface area contributed by atoms with Crippen LogP contribution in [0.25, 0.3) is 21.5 Å². The lowest BCUT2D eigenvalue weighted by Gasteiger charge is -2.28. The molecule has 13 aromatic rings. The number of hydrogen-bond acceptors (Lipinski definition) is 0. The summed E-state index contributed by atoms with van der Waals surface area (Å²) in [6.45, 7) is 57.0. The average Bonchev–Trinajstić information content (AvgIpc) is 1.66. The van der Waals surface area contributed by atoms with E-state index in [4.69, 9.17) is 0 Å². The minimum Gasteiger partial charge on any atom is -0.0625 e. The van der Waals surface area contributed by atoms with Crippen LogP contribution in [-0.2, 0) is 64.2 Å². The van der Waals surface area contributed by atoms with Crippen LogP contribution in [0, 0.1) is 66.1 Å². The Hall–Kier alpha value is -9.62. The highest BCUT2D eigenvalue weighted by Gasteiger charge is 2.28. The molecule has 2 fully saturated rings. The fourth-order valence-corrected chi connectivity index (χ4v) is 22.5. The summed E-state index contributed by atoms with van der Waals surface area (Å²) in [6.07, 6.45) is 37.5. The molecule has 0 amide bonds. The molecule has 0 heteroatoms. The summed E-state index contributed by atoms with van der Waals surface area (Å²) < 4.78 is 0. The van der Waals surface area contributed by atoms with Gasteiger partial charge in [0.05, 0.1) is 0 Å². The summed E-state index contributed by atoms with van der Waals surface area (Å²) in [5, 5.41) is 5.40. The monoisotopic (exact) mass is 1930 g/mol. The molecule has 13 aromatic carbocycles. The van der Waals surface area contributed by atoms with E-state index in [1.54, 1.807) is 72.3 Å². The van der Waals surface area contributed by atoms with Crippen LogP contribution in [0.1, 0.15) is 428 Å². The number of fused-ring (bicyclic) bond motifs is 8. The minimum absolute atomic E-state index is 0.603. The first kappa shape index (κ1) is 118. The molecular weight excluding hydrogens is 1730 g/mol. The molecule has 0 aliphatic heterocycles. The Labute approximate surface area is 883 Å². The van der Waals surface area contributed by atoms with Gasteiger partial charge in [-0.15, -0.1) is 0 Å². The molecule has 3 unspecified atom stereocenters. The molecular formula is C144H198. The highest BCUT2D eigenvalue weighted by Crippen LogP contribution is 2.41. The lowest BCUT2D eigenvalue weighted by atomic mass is 9.77. The molecule has 774 valence electrons. The van der Waals surface area contributed by atoms with Gasteiger partial charge >= 0.3 is 0 Å². The lowest BCUT2D eigenvalue weighted by molar-refractivity contribution is 0.279. The Morgan fingerprint density at radius 3 is 1.02 bits per heavy atom. The van der Waals surface area contributed by atoms with E-state index in [1.165, 1.54) is 228 Å². The third-order valence-electron chi connectivity index (χ3n) is 32.3. The number of benzene rings is 13. The van der Waals surface area contributed by atoms with Gasteiger partial charge < -0.3 is 0 Å². The SMILES string of the molecule is CC(C)C1CCCC1.CC(C)C1CCCCC1.CC(C)C1CCCc2ccccc21.CC(C)C1CCc2ccccc21.CC(C)C1CCc2ccccc2C1.CC(C)C1Cc2ccccc2C1.CC(C)c1ccc2c(c1)CCCC2.CC(C)c1ccc2ccccc2c1.CC(C)c1cccc2c1CCCC2.CC(C)c1cccc2ccccc12.CC(C)c1ccccc1.CC(C)c1ccccc1.Cc1ccccc1. The van der Waals surface area contributed by atoms with Gasteiger partial charge in [-0.25, -0.2) is 0 Å². The lowest BCUT2D eigenvalue weighted by Crippen LogP contribution is -2.18. The van der Waals surface area contributed by atoms with Crippen molar-refractivity contribution in [2.24, 2.45) is 59.2 Å². The molecule has 0 aromatic heterocycles. The maximum Gasteiger partial charge on any atom is -0.0133 e. The zero-order chi connectivity index (χ0) is 104. The van der Waals surface area contributed by atoms with E-state index in [0.29, 0.717) is 35.5 Å². The van der Waals surface area contributed by atoms with E-state index in [-0.39, 0.29) is 0 Å². The summed E-state index contributed by atoms with van der Waals surface area (Å²) in [4.78, 5) is 0. The molecule has 0 spiro atoms. The molecule has 0 bridgehead atoms. The summed E-state index contributed by atoms with van der Waals surface area (Å²) in [7, 11) is 0.